The fourth-order valence-corrected chi connectivity index (χ4v) is 3.62. The van der Waals surface area contributed by atoms with Gasteiger partial charge in [-0.3, -0.25) is 5.84 Å². The summed E-state index contributed by atoms with van der Waals surface area (Å²) in [6.45, 7) is 0. The maximum atomic E-state index is 12.2. The fraction of sp³-hybridized carbons (Fsp3) is 0.0769. The highest BCUT2D eigenvalue weighted by Crippen LogP contribution is 2.29. The van der Waals surface area contributed by atoms with Crippen molar-refractivity contribution in [3.05, 3.63) is 48.5 Å². The van der Waals surface area contributed by atoms with E-state index in [1.54, 1.807) is 24.3 Å². The van der Waals surface area contributed by atoms with E-state index in [4.69, 9.17) is 11.0 Å². The molecule has 0 radical (unpaired) electrons. The number of anilines is 3. The molecule has 7 N–H and O–H groups in total. The maximum Gasteiger partial charge on any atom is 0.238 e. The molecule has 0 atom stereocenters. The zero-order valence-electron chi connectivity index (χ0n) is 13.2. The van der Waals surface area contributed by atoms with Gasteiger partial charge in [-0.05, 0) is 48.5 Å². The average Bonchev–Trinajstić information content (AvgIpc) is 2.53. The molecule has 0 aliphatic heterocycles. The number of hydrazine groups is 3. The standard InChI is InChI=1S/C13H18N6O4S2/c1-24(20,21)19(11-4-2-10(3-5-11)16-18-17-14)12-6-8-13(9-7-12)25(15,22)23/h2-9,16-18H,14H2,1H3,(H2,15,22,23). The molecule has 2 aromatic rings. The van der Waals surface area contributed by atoms with E-state index >= 15 is 0 Å². The summed E-state index contributed by atoms with van der Waals surface area (Å²) in [6, 6.07) is 11.7. The van der Waals surface area contributed by atoms with E-state index in [0.29, 0.717) is 11.4 Å². The van der Waals surface area contributed by atoms with Crippen LogP contribution < -0.4 is 31.8 Å². The first-order valence-corrected chi connectivity index (χ1v) is 10.2. The van der Waals surface area contributed by atoms with Gasteiger partial charge in [0.2, 0.25) is 20.0 Å². The lowest BCUT2D eigenvalue weighted by Crippen LogP contribution is -2.41. The molecule has 25 heavy (non-hydrogen) atoms. The number of benzene rings is 2. The van der Waals surface area contributed by atoms with Gasteiger partial charge in [0.15, 0.2) is 0 Å². The minimum atomic E-state index is -3.86. The molecule has 12 heteroatoms. The van der Waals surface area contributed by atoms with Crippen molar-refractivity contribution in [1.82, 2.24) is 11.1 Å². The van der Waals surface area contributed by atoms with Crippen molar-refractivity contribution >= 4 is 37.1 Å². The van der Waals surface area contributed by atoms with Gasteiger partial charge in [-0.15, -0.1) is 0 Å². The molecule has 0 aliphatic rings. The van der Waals surface area contributed by atoms with Crippen molar-refractivity contribution in [1.29, 1.82) is 0 Å². The van der Waals surface area contributed by atoms with E-state index in [0.717, 1.165) is 10.6 Å². The van der Waals surface area contributed by atoms with Gasteiger partial charge in [-0.25, -0.2) is 26.3 Å². The van der Waals surface area contributed by atoms with Gasteiger partial charge < -0.3 is 5.43 Å². The minimum absolute atomic E-state index is 0.107. The molecule has 0 amide bonds. The summed E-state index contributed by atoms with van der Waals surface area (Å²) in [5.41, 5.74) is 8.68. The monoisotopic (exact) mass is 386 g/mol. The summed E-state index contributed by atoms with van der Waals surface area (Å²) < 4.78 is 48.1. The fourth-order valence-electron chi connectivity index (χ4n) is 2.09. The second-order valence-corrected chi connectivity index (χ2v) is 8.40. The van der Waals surface area contributed by atoms with Crippen LogP contribution in [-0.4, -0.2) is 23.1 Å². The number of nitrogens with two attached hydrogens (primary N) is 2. The van der Waals surface area contributed by atoms with Gasteiger partial charge in [0.1, 0.15) is 0 Å². The summed E-state index contributed by atoms with van der Waals surface area (Å²) in [5, 5.41) is 5.05. The Labute approximate surface area is 145 Å². The van der Waals surface area contributed by atoms with E-state index < -0.39 is 20.0 Å². The van der Waals surface area contributed by atoms with Crippen molar-refractivity contribution in [3.63, 3.8) is 0 Å². The maximum absolute atomic E-state index is 12.2. The van der Waals surface area contributed by atoms with Gasteiger partial charge in [0.25, 0.3) is 0 Å². The number of primary sulfonamides is 1. The molecule has 0 fully saturated rings. The van der Waals surface area contributed by atoms with Crippen LogP contribution in [0, 0.1) is 0 Å². The third-order valence-corrected chi connectivity index (χ3v) is 5.13. The Morgan fingerprint density at radius 1 is 0.880 bits per heavy atom. The first-order chi connectivity index (χ1) is 11.6. The highest BCUT2D eigenvalue weighted by atomic mass is 32.2. The van der Waals surface area contributed by atoms with E-state index in [2.05, 4.69) is 16.5 Å². The van der Waals surface area contributed by atoms with Crippen molar-refractivity contribution in [3.8, 4) is 0 Å². The van der Waals surface area contributed by atoms with Crippen molar-refractivity contribution in [2.24, 2.45) is 11.0 Å². The highest BCUT2D eigenvalue weighted by Gasteiger charge is 2.20. The second kappa shape index (κ2) is 7.35. The number of nitrogens with one attached hydrogen (secondary N) is 3. The molecule has 0 heterocycles. The van der Waals surface area contributed by atoms with Crippen LogP contribution in [-0.2, 0) is 20.0 Å². The number of rotatable bonds is 7. The van der Waals surface area contributed by atoms with E-state index in [9.17, 15) is 16.8 Å². The van der Waals surface area contributed by atoms with Crippen LogP contribution in [0.25, 0.3) is 0 Å². The third-order valence-electron chi connectivity index (χ3n) is 3.11. The largest absolute Gasteiger partial charge is 0.307 e. The third kappa shape index (κ3) is 4.88. The first-order valence-electron chi connectivity index (χ1n) is 6.83. The summed E-state index contributed by atoms with van der Waals surface area (Å²) >= 11 is 0. The van der Waals surface area contributed by atoms with Crippen molar-refractivity contribution < 1.29 is 16.8 Å². The van der Waals surface area contributed by atoms with Crippen LogP contribution in [0.5, 0.6) is 0 Å². The molecule has 0 saturated heterocycles. The number of hydrogen-bond donors (Lipinski definition) is 5. The molecular formula is C13H18N6O4S2. The lowest BCUT2D eigenvalue weighted by molar-refractivity contribution is 0.597. The second-order valence-electron chi connectivity index (χ2n) is 5.01. The number of sulfonamides is 2. The first kappa shape index (κ1) is 19.1. The predicted molar refractivity (Wildman–Crippen MR) is 95.3 cm³/mol. The highest BCUT2D eigenvalue weighted by molar-refractivity contribution is 7.92. The predicted octanol–water partition coefficient (Wildman–Crippen LogP) is -0.273. The van der Waals surface area contributed by atoms with Crippen LogP contribution in [0.2, 0.25) is 0 Å². The Morgan fingerprint density at radius 2 is 1.36 bits per heavy atom. The summed E-state index contributed by atoms with van der Waals surface area (Å²) in [6.07, 6.45) is 1.05. The van der Waals surface area contributed by atoms with Gasteiger partial charge in [-0.1, -0.05) is 0 Å². The molecule has 0 aromatic heterocycles. The Bertz CT molecular complexity index is 927. The van der Waals surface area contributed by atoms with E-state index in [1.165, 1.54) is 24.3 Å². The molecule has 2 aromatic carbocycles. The quantitative estimate of drug-likeness (QED) is 0.321. The lowest BCUT2D eigenvalue weighted by Gasteiger charge is -2.23. The smallest absolute Gasteiger partial charge is 0.238 e. The van der Waals surface area contributed by atoms with Crippen molar-refractivity contribution in [2.75, 3.05) is 16.0 Å². The van der Waals surface area contributed by atoms with Crippen LogP contribution >= 0.6 is 0 Å². The molecule has 0 bridgehead atoms. The van der Waals surface area contributed by atoms with E-state index in [-0.39, 0.29) is 10.6 Å². The summed E-state index contributed by atoms with van der Waals surface area (Å²) in [7, 11) is -7.52. The van der Waals surface area contributed by atoms with Gasteiger partial charge in [-0.2, -0.15) is 11.1 Å². The topological polar surface area (TPSA) is 160 Å². The van der Waals surface area contributed by atoms with Gasteiger partial charge in [0, 0.05) is 0 Å². The molecule has 0 spiro atoms. The Morgan fingerprint density at radius 3 is 1.76 bits per heavy atom. The van der Waals surface area contributed by atoms with Gasteiger partial charge >= 0.3 is 0 Å². The molecular weight excluding hydrogens is 368 g/mol. The Kier molecular flexibility index (Phi) is 5.62. The normalized spacial score (nSPS) is 12.0. The summed E-state index contributed by atoms with van der Waals surface area (Å²) in [4.78, 5) is -0.107. The van der Waals surface area contributed by atoms with Crippen molar-refractivity contribution in [2.45, 2.75) is 4.90 Å². The molecule has 2 rings (SSSR count). The molecule has 10 nitrogen and oxygen atoms in total. The molecule has 136 valence electrons. The summed E-state index contributed by atoms with van der Waals surface area (Å²) in [5.74, 6) is 5.07. The van der Waals surface area contributed by atoms with Crippen LogP contribution in [0.15, 0.2) is 53.4 Å². The number of nitrogens with zero attached hydrogens (tertiary/aromatic N) is 1. The molecule has 0 unspecified atom stereocenters. The lowest BCUT2D eigenvalue weighted by atomic mass is 10.2. The zero-order valence-corrected chi connectivity index (χ0v) is 14.8. The SMILES string of the molecule is CS(=O)(=O)N(c1ccc(NNNN)cc1)c1ccc(S(N)(=O)=O)cc1. The Hall–Kier alpha value is -2.22. The van der Waals surface area contributed by atoms with Crippen LogP contribution in [0.1, 0.15) is 0 Å². The van der Waals surface area contributed by atoms with E-state index in [1.807, 2.05) is 0 Å². The van der Waals surface area contributed by atoms with Crippen LogP contribution in [0.4, 0.5) is 17.1 Å². The minimum Gasteiger partial charge on any atom is -0.307 e. The zero-order chi connectivity index (χ0) is 18.7. The number of hydrogen-bond acceptors (Lipinski definition) is 8. The average molecular weight is 386 g/mol. The van der Waals surface area contributed by atoms with Gasteiger partial charge in [0.05, 0.1) is 28.2 Å². The molecule has 0 aliphatic carbocycles. The molecule has 0 saturated carbocycles. The Balaban J connectivity index is 2.40. The van der Waals surface area contributed by atoms with Crippen LogP contribution in [0.3, 0.4) is 0 Å².